The Morgan fingerprint density at radius 2 is 2.14 bits per heavy atom. The molecule has 21 heavy (non-hydrogen) atoms. The number of hydrogen-bond donors (Lipinski definition) is 1. The summed E-state index contributed by atoms with van der Waals surface area (Å²) in [4.78, 5) is 8.62. The molecule has 0 saturated carbocycles. The van der Waals surface area contributed by atoms with Crippen LogP contribution in [-0.2, 0) is 13.2 Å². The zero-order valence-electron chi connectivity index (χ0n) is 12.7. The highest BCUT2D eigenvalue weighted by Gasteiger charge is 2.05. The fourth-order valence-electron chi connectivity index (χ4n) is 1.88. The van der Waals surface area contributed by atoms with Crippen molar-refractivity contribution in [2.75, 3.05) is 13.7 Å². The van der Waals surface area contributed by atoms with Crippen LogP contribution < -0.4 is 14.8 Å². The first-order chi connectivity index (χ1) is 10.2. The van der Waals surface area contributed by atoms with E-state index >= 15 is 0 Å². The lowest BCUT2D eigenvalue weighted by atomic mass is 10.2. The first-order valence-corrected chi connectivity index (χ1v) is 7.02. The van der Waals surface area contributed by atoms with Gasteiger partial charge in [-0.2, -0.15) is 0 Å². The van der Waals surface area contributed by atoms with Crippen LogP contribution in [0.3, 0.4) is 0 Å². The monoisotopic (exact) mass is 287 g/mol. The van der Waals surface area contributed by atoms with E-state index in [0.717, 1.165) is 35.7 Å². The number of nitrogens with zero attached hydrogens (tertiary/aromatic N) is 2. The minimum absolute atomic E-state index is 0.399. The predicted molar refractivity (Wildman–Crippen MR) is 81.5 cm³/mol. The minimum Gasteiger partial charge on any atom is -0.497 e. The second-order valence-corrected chi connectivity index (χ2v) is 4.68. The number of aromatic nitrogens is 2. The van der Waals surface area contributed by atoms with Gasteiger partial charge in [-0.3, -0.25) is 0 Å². The summed E-state index contributed by atoms with van der Waals surface area (Å²) in [7, 11) is 1.65. The molecular weight excluding hydrogens is 266 g/mol. The SMILES string of the molecule is CCNCc1cnc(OCc2cccc(OC)c2)nc1C. The highest BCUT2D eigenvalue weighted by atomic mass is 16.5. The third-order valence-electron chi connectivity index (χ3n) is 3.13. The van der Waals surface area contributed by atoms with Crippen molar-refractivity contribution in [2.45, 2.75) is 27.0 Å². The van der Waals surface area contributed by atoms with E-state index in [4.69, 9.17) is 9.47 Å². The Bertz CT molecular complexity index is 587. The van der Waals surface area contributed by atoms with Crippen molar-refractivity contribution < 1.29 is 9.47 Å². The summed E-state index contributed by atoms with van der Waals surface area (Å²) in [6.07, 6.45) is 1.81. The van der Waals surface area contributed by atoms with Crippen molar-refractivity contribution in [1.29, 1.82) is 0 Å². The summed E-state index contributed by atoms with van der Waals surface area (Å²) in [5, 5.41) is 3.26. The number of ether oxygens (including phenoxy) is 2. The van der Waals surface area contributed by atoms with Gasteiger partial charge >= 0.3 is 6.01 Å². The quantitative estimate of drug-likeness (QED) is 0.848. The van der Waals surface area contributed by atoms with Gasteiger partial charge < -0.3 is 14.8 Å². The van der Waals surface area contributed by atoms with Crippen LogP contribution in [0.4, 0.5) is 0 Å². The highest BCUT2D eigenvalue weighted by Crippen LogP contribution is 2.15. The van der Waals surface area contributed by atoms with Gasteiger partial charge in [-0.05, 0) is 31.2 Å². The van der Waals surface area contributed by atoms with E-state index in [1.54, 1.807) is 7.11 Å². The number of nitrogens with one attached hydrogen (secondary N) is 1. The molecule has 0 spiro atoms. The molecule has 0 fully saturated rings. The van der Waals surface area contributed by atoms with Gasteiger partial charge in [0.15, 0.2) is 0 Å². The molecule has 1 heterocycles. The van der Waals surface area contributed by atoms with Crippen molar-refractivity contribution >= 4 is 0 Å². The van der Waals surface area contributed by atoms with Gasteiger partial charge in [0, 0.05) is 24.0 Å². The van der Waals surface area contributed by atoms with Crippen LogP contribution in [0, 0.1) is 6.92 Å². The molecule has 1 aromatic heterocycles. The van der Waals surface area contributed by atoms with Crippen LogP contribution in [0.15, 0.2) is 30.5 Å². The zero-order valence-corrected chi connectivity index (χ0v) is 12.7. The van der Waals surface area contributed by atoms with Gasteiger partial charge in [0.2, 0.25) is 0 Å². The Morgan fingerprint density at radius 3 is 2.86 bits per heavy atom. The summed E-state index contributed by atoms with van der Waals surface area (Å²) < 4.78 is 10.8. The van der Waals surface area contributed by atoms with Gasteiger partial charge in [-0.25, -0.2) is 9.97 Å². The van der Waals surface area contributed by atoms with Gasteiger partial charge in [0.25, 0.3) is 0 Å². The normalized spacial score (nSPS) is 10.4. The van der Waals surface area contributed by atoms with E-state index in [9.17, 15) is 0 Å². The molecule has 0 aliphatic carbocycles. The highest BCUT2D eigenvalue weighted by molar-refractivity contribution is 5.28. The van der Waals surface area contributed by atoms with Crippen molar-refractivity contribution in [1.82, 2.24) is 15.3 Å². The maximum atomic E-state index is 5.63. The van der Waals surface area contributed by atoms with E-state index in [1.807, 2.05) is 37.4 Å². The molecule has 0 amide bonds. The zero-order chi connectivity index (χ0) is 15.1. The van der Waals surface area contributed by atoms with Crippen molar-refractivity contribution in [3.05, 3.63) is 47.3 Å². The van der Waals surface area contributed by atoms with Gasteiger partial charge in [0.05, 0.1) is 7.11 Å². The second-order valence-electron chi connectivity index (χ2n) is 4.68. The standard InChI is InChI=1S/C16H21N3O2/c1-4-17-9-14-10-18-16(19-12(14)2)21-11-13-6-5-7-15(8-13)20-3/h5-8,10,17H,4,9,11H2,1-3H3. The molecule has 0 radical (unpaired) electrons. The summed E-state index contributed by atoms with van der Waals surface area (Å²) in [6, 6.07) is 8.15. The van der Waals surface area contributed by atoms with Crippen LogP contribution in [0.5, 0.6) is 11.8 Å². The average Bonchev–Trinajstić information content (AvgIpc) is 2.52. The molecule has 2 rings (SSSR count). The fourth-order valence-corrected chi connectivity index (χ4v) is 1.88. The summed E-state index contributed by atoms with van der Waals surface area (Å²) in [5.41, 5.74) is 3.05. The molecule has 0 aliphatic heterocycles. The van der Waals surface area contributed by atoms with Gasteiger partial charge in [0.1, 0.15) is 12.4 Å². The predicted octanol–water partition coefficient (Wildman–Crippen LogP) is 2.48. The van der Waals surface area contributed by atoms with E-state index in [1.165, 1.54) is 0 Å². The largest absolute Gasteiger partial charge is 0.497 e. The van der Waals surface area contributed by atoms with Gasteiger partial charge in [-0.15, -0.1) is 0 Å². The minimum atomic E-state index is 0.399. The van der Waals surface area contributed by atoms with E-state index < -0.39 is 0 Å². The van der Waals surface area contributed by atoms with E-state index in [0.29, 0.717) is 12.6 Å². The van der Waals surface area contributed by atoms with Crippen molar-refractivity contribution in [3.63, 3.8) is 0 Å². The molecular formula is C16H21N3O2. The van der Waals surface area contributed by atoms with Crippen molar-refractivity contribution in [2.24, 2.45) is 0 Å². The molecule has 1 aromatic carbocycles. The Kier molecular flexibility index (Phi) is 5.51. The molecule has 0 bridgehead atoms. The van der Waals surface area contributed by atoms with E-state index in [2.05, 4.69) is 22.2 Å². The number of aryl methyl sites for hydroxylation is 1. The van der Waals surface area contributed by atoms with Crippen LogP contribution in [-0.4, -0.2) is 23.6 Å². The van der Waals surface area contributed by atoms with Crippen LogP contribution in [0.25, 0.3) is 0 Å². The number of benzene rings is 1. The molecule has 2 aromatic rings. The Labute approximate surface area is 125 Å². The van der Waals surface area contributed by atoms with Crippen molar-refractivity contribution in [3.8, 4) is 11.8 Å². The smallest absolute Gasteiger partial charge is 0.316 e. The lowest BCUT2D eigenvalue weighted by Crippen LogP contribution is -2.14. The number of rotatable bonds is 7. The van der Waals surface area contributed by atoms with E-state index in [-0.39, 0.29) is 0 Å². The molecule has 0 unspecified atom stereocenters. The average molecular weight is 287 g/mol. The second kappa shape index (κ2) is 7.59. The van der Waals surface area contributed by atoms with Crippen LogP contribution >= 0.6 is 0 Å². The first-order valence-electron chi connectivity index (χ1n) is 7.02. The molecule has 1 N–H and O–H groups in total. The fraction of sp³-hybridized carbons (Fsp3) is 0.375. The summed E-state index contributed by atoms with van der Waals surface area (Å²) in [5.74, 6) is 0.814. The summed E-state index contributed by atoms with van der Waals surface area (Å²) in [6.45, 7) is 6.16. The first kappa shape index (κ1) is 15.3. The molecule has 112 valence electrons. The molecule has 5 nitrogen and oxygen atoms in total. The maximum Gasteiger partial charge on any atom is 0.316 e. The number of methoxy groups -OCH3 is 1. The number of hydrogen-bond acceptors (Lipinski definition) is 5. The molecule has 0 atom stereocenters. The molecule has 0 saturated heterocycles. The molecule has 5 heteroatoms. The van der Waals surface area contributed by atoms with Crippen LogP contribution in [0.2, 0.25) is 0 Å². The summed E-state index contributed by atoms with van der Waals surface area (Å²) >= 11 is 0. The lowest BCUT2D eigenvalue weighted by molar-refractivity contribution is 0.279. The molecule has 0 aliphatic rings. The Hall–Kier alpha value is -2.14. The van der Waals surface area contributed by atoms with Crippen LogP contribution in [0.1, 0.15) is 23.7 Å². The Morgan fingerprint density at radius 1 is 1.29 bits per heavy atom. The topological polar surface area (TPSA) is 56.3 Å². The maximum absolute atomic E-state index is 5.63. The van der Waals surface area contributed by atoms with Gasteiger partial charge in [-0.1, -0.05) is 19.1 Å². The third kappa shape index (κ3) is 4.43. The Balaban J connectivity index is 1.98. The third-order valence-corrected chi connectivity index (χ3v) is 3.13. The lowest BCUT2D eigenvalue weighted by Gasteiger charge is -2.09.